The smallest absolute Gasteiger partial charge is 0.731 e. The molecular formula is C9H12NNaO3S. The molecule has 0 amide bonds. The molecule has 0 heterocycles. The zero-order valence-corrected chi connectivity index (χ0v) is 11.7. The second-order valence-electron chi connectivity index (χ2n) is 3.00. The molecule has 0 aliphatic rings. The zero-order chi connectivity index (χ0) is 10.6. The Kier molecular flexibility index (Phi) is 6.47. The summed E-state index contributed by atoms with van der Waals surface area (Å²) in [6, 6.07) is 6.77. The van der Waals surface area contributed by atoms with E-state index in [1.165, 1.54) is 0 Å². The molecule has 0 atom stereocenters. The number of anilines is 1. The third-order valence-corrected chi connectivity index (χ3v) is 2.22. The molecule has 1 rings (SSSR count). The van der Waals surface area contributed by atoms with Crippen molar-refractivity contribution in [3.05, 3.63) is 29.8 Å². The largest absolute Gasteiger partial charge is 1.00 e. The Labute approximate surface area is 112 Å². The minimum atomic E-state index is -4.40. The van der Waals surface area contributed by atoms with Crippen molar-refractivity contribution in [1.82, 2.24) is 0 Å². The molecule has 1 aromatic carbocycles. The normalized spacial score (nSPS) is 10.5. The monoisotopic (exact) mass is 237 g/mol. The predicted octanol–water partition coefficient (Wildman–Crippen LogP) is -1.48. The average Bonchev–Trinajstić information content (AvgIpc) is 2.06. The maximum Gasteiger partial charge on any atom is 1.00 e. The summed E-state index contributed by atoms with van der Waals surface area (Å²) in [4.78, 5) is 0. The number of benzene rings is 1. The molecule has 0 saturated carbocycles. The van der Waals surface area contributed by atoms with E-state index in [1.807, 2.05) is 4.72 Å². The van der Waals surface area contributed by atoms with Gasteiger partial charge in [0.1, 0.15) is 0 Å². The zero-order valence-electron chi connectivity index (χ0n) is 8.86. The summed E-state index contributed by atoms with van der Waals surface area (Å²) in [5.41, 5.74) is 1.43. The molecule has 15 heavy (non-hydrogen) atoms. The van der Waals surface area contributed by atoms with Crippen LogP contribution in [0.1, 0.15) is 18.9 Å². The van der Waals surface area contributed by atoms with Crippen LogP contribution in [0.4, 0.5) is 5.69 Å². The quantitative estimate of drug-likeness (QED) is 0.512. The average molecular weight is 237 g/mol. The second kappa shape index (κ2) is 6.50. The summed E-state index contributed by atoms with van der Waals surface area (Å²) >= 11 is 0. The van der Waals surface area contributed by atoms with Crippen LogP contribution in [-0.4, -0.2) is 13.0 Å². The van der Waals surface area contributed by atoms with Crippen molar-refractivity contribution in [2.75, 3.05) is 4.72 Å². The van der Waals surface area contributed by atoms with E-state index in [2.05, 4.69) is 6.92 Å². The number of hydrogen-bond acceptors (Lipinski definition) is 3. The van der Waals surface area contributed by atoms with Crippen molar-refractivity contribution in [2.24, 2.45) is 0 Å². The van der Waals surface area contributed by atoms with Crippen molar-refractivity contribution >= 4 is 16.0 Å². The van der Waals surface area contributed by atoms with E-state index in [0.717, 1.165) is 18.4 Å². The third-order valence-electron chi connectivity index (χ3n) is 1.74. The van der Waals surface area contributed by atoms with Crippen LogP contribution in [0, 0.1) is 0 Å². The van der Waals surface area contributed by atoms with Crippen molar-refractivity contribution in [1.29, 1.82) is 0 Å². The Morgan fingerprint density at radius 2 is 1.80 bits per heavy atom. The molecule has 0 unspecified atom stereocenters. The first-order valence-corrected chi connectivity index (χ1v) is 5.74. The molecule has 0 spiro atoms. The molecule has 0 radical (unpaired) electrons. The minimum Gasteiger partial charge on any atom is -0.731 e. The summed E-state index contributed by atoms with van der Waals surface area (Å²) in [6.07, 6.45) is 1.98. The Morgan fingerprint density at radius 1 is 1.27 bits per heavy atom. The van der Waals surface area contributed by atoms with Gasteiger partial charge >= 0.3 is 29.6 Å². The molecule has 0 saturated heterocycles. The molecule has 1 N–H and O–H groups in total. The molecule has 0 aliphatic heterocycles. The summed E-state index contributed by atoms with van der Waals surface area (Å²) in [5.74, 6) is 0. The fourth-order valence-electron chi connectivity index (χ4n) is 1.17. The predicted molar refractivity (Wildman–Crippen MR) is 53.8 cm³/mol. The topological polar surface area (TPSA) is 69.2 Å². The van der Waals surface area contributed by atoms with E-state index < -0.39 is 10.3 Å². The fourth-order valence-corrected chi connectivity index (χ4v) is 1.60. The standard InChI is InChI=1S/C9H13NO3S.Na/c1-2-3-8-4-6-9(7-5-8)10-14(11,12)13;/h4-7,10H,2-3H2,1H3,(H,11,12,13);/q;+1/p-1. The van der Waals surface area contributed by atoms with Crippen molar-refractivity contribution in [3.63, 3.8) is 0 Å². The Morgan fingerprint density at radius 3 is 2.20 bits per heavy atom. The number of aryl methyl sites for hydroxylation is 1. The van der Waals surface area contributed by atoms with Gasteiger partial charge in [-0.05, 0) is 24.1 Å². The van der Waals surface area contributed by atoms with E-state index in [-0.39, 0.29) is 29.6 Å². The number of hydrogen-bond donors (Lipinski definition) is 1. The fraction of sp³-hybridized carbons (Fsp3) is 0.333. The van der Waals surface area contributed by atoms with Crippen LogP contribution in [0.3, 0.4) is 0 Å². The summed E-state index contributed by atoms with van der Waals surface area (Å²) in [6.45, 7) is 2.06. The first-order chi connectivity index (χ1) is 6.51. The van der Waals surface area contributed by atoms with E-state index in [1.54, 1.807) is 24.3 Å². The van der Waals surface area contributed by atoms with Crippen LogP contribution in [0.15, 0.2) is 24.3 Å². The van der Waals surface area contributed by atoms with Gasteiger partial charge in [0.25, 0.3) is 0 Å². The summed E-state index contributed by atoms with van der Waals surface area (Å²) in [5, 5.41) is 0. The summed E-state index contributed by atoms with van der Waals surface area (Å²) < 4.78 is 32.9. The van der Waals surface area contributed by atoms with Gasteiger partial charge < -0.3 is 4.55 Å². The molecule has 0 aliphatic carbocycles. The maximum atomic E-state index is 10.3. The van der Waals surface area contributed by atoms with E-state index >= 15 is 0 Å². The van der Waals surface area contributed by atoms with Gasteiger partial charge in [0.2, 0.25) is 0 Å². The molecule has 0 fully saturated rings. The van der Waals surface area contributed by atoms with Gasteiger partial charge in [-0.25, -0.2) is 8.42 Å². The Balaban J connectivity index is 0.00000196. The van der Waals surface area contributed by atoms with Crippen molar-refractivity contribution in [3.8, 4) is 0 Å². The van der Waals surface area contributed by atoms with Gasteiger partial charge in [-0.2, -0.15) is 0 Å². The van der Waals surface area contributed by atoms with E-state index in [4.69, 9.17) is 0 Å². The Hall–Kier alpha value is -0.0700. The van der Waals surface area contributed by atoms with Gasteiger partial charge in [-0.3, -0.25) is 4.72 Å². The summed E-state index contributed by atoms with van der Waals surface area (Å²) in [7, 11) is -4.40. The van der Waals surface area contributed by atoms with E-state index in [9.17, 15) is 13.0 Å². The molecule has 0 aromatic heterocycles. The first-order valence-electron chi connectivity index (χ1n) is 4.34. The van der Waals surface area contributed by atoms with Gasteiger partial charge in [-0.15, -0.1) is 0 Å². The molecule has 1 aromatic rings. The molecular weight excluding hydrogens is 225 g/mol. The van der Waals surface area contributed by atoms with Crippen LogP contribution < -0.4 is 34.3 Å². The third kappa shape index (κ3) is 6.17. The van der Waals surface area contributed by atoms with Crippen LogP contribution in [0.25, 0.3) is 0 Å². The second-order valence-corrected chi connectivity index (χ2v) is 4.12. The van der Waals surface area contributed by atoms with Gasteiger partial charge in [0, 0.05) is 5.69 Å². The number of nitrogens with one attached hydrogen (secondary N) is 1. The van der Waals surface area contributed by atoms with Crippen LogP contribution in [0.2, 0.25) is 0 Å². The number of rotatable bonds is 4. The molecule has 0 bridgehead atoms. The Bertz CT molecular complexity index is 388. The van der Waals surface area contributed by atoms with Gasteiger partial charge in [-0.1, -0.05) is 25.5 Å². The SMILES string of the molecule is CCCc1ccc(NS(=O)(=O)[O-])cc1.[Na+]. The molecule has 78 valence electrons. The van der Waals surface area contributed by atoms with Crippen molar-refractivity contribution < 1.29 is 42.5 Å². The van der Waals surface area contributed by atoms with Gasteiger partial charge in [0.15, 0.2) is 10.3 Å². The minimum absolute atomic E-state index is 0. The molecule has 6 heteroatoms. The van der Waals surface area contributed by atoms with Crippen LogP contribution in [0.5, 0.6) is 0 Å². The van der Waals surface area contributed by atoms with Crippen LogP contribution >= 0.6 is 0 Å². The maximum absolute atomic E-state index is 10.3. The molecule has 4 nitrogen and oxygen atoms in total. The van der Waals surface area contributed by atoms with Gasteiger partial charge in [0.05, 0.1) is 0 Å². The van der Waals surface area contributed by atoms with Crippen molar-refractivity contribution in [2.45, 2.75) is 19.8 Å². The van der Waals surface area contributed by atoms with E-state index in [0.29, 0.717) is 5.69 Å². The van der Waals surface area contributed by atoms with Crippen LogP contribution in [-0.2, 0) is 16.7 Å². The first kappa shape index (κ1) is 14.9.